The molecule has 0 saturated carbocycles. The van der Waals surface area contributed by atoms with E-state index in [1.54, 1.807) is 7.11 Å². The second-order valence-electron chi connectivity index (χ2n) is 6.20. The van der Waals surface area contributed by atoms with Crippen molar-refractivity contribution in [2.45, 2.75) is 45.9 Å². The first-order valence-electron chi connectivity index (χ1n) is 8.93. The highest BCUT2D eigenvalue weighted by Gasteiger charge is 2.23. The second kappa shape index (κ2) is 8.14. The minimum Gasteiger partial charge on any atom is -0.378 e. The first-order chi connectivity index (χ1) is 12.7. The lowest BCUT2D eigenvalue weighted by atomic mass is 10.1. The molecule has 1 aromatic carbocycles. The van der Waals surface area contributed by atoms with Gasteiger partial charge in [-0.2, -0.15) is 5.10 Å². The largest absolute Gasteiger partial charge is 0.378 e. The molecule has 2 aromatic heterocycles. The standard InChI is InChI=1S/C19H25N5O2/c1-4-16(19(25)20-11-13-10-14(12-26-3)23-22-13)24-17-9-7-6-8-15(17)21-18(24)5-2/h6-10,16H,4-5,11-12H2,1-3H3,(H,20,25)(H,22,23). The molecule has 0 aliphatic heterocycles. The summed E-state index contributed by atoms with van der Waals surface area (Å²) in [4.78, 5) is 17.5. The van der Waals surface area contributed by atoms with Gasteiger partial charge in [-0.25, -0.2) is 4.98 Å². The van der Waals surface area contributed by atoms with Gasteiger partial charge in [-0.15, -0.1) is 0 Å². The molecule has 138 valence electrons. The van der Waals surface area contributed by atoms with Crippen molar-refractivity contribution in [3.63, 3.8) is 0 Å². The summed E-state index contributed by atoms with van der Waals surface area (Å²) in [5.41, 5.74) is 3.59. The van der Waals surface area contributed by atoms with E-state index in [-0.39, 0.29) is 11.9 Å². The van der Waals surface area contributed by atoms with Gasteiger partial charge >= 0.3 is 0 Å². The third-order valence-corrected chi connectivity index (χ3v) is 4.42. The summed E-state index contributed by atoms with van der Waals surface area (Å²) >= 11 is 0. The third kappa shape index (κ3) is 3.62. The van der Waals surface area contributed by atoms with Crippen LogP contribution < -0.4 is 5.32 Å². The molecule has 3 rings (SSSR count). The van der Waals surface area contributed by atoms with Gasteiger partial charge < -0.3 is 14.6 Å². The Morgan fingerprint density at radius 2 is 2.15 bits per heavy atom. The smallest absolute Gasteiger partial charge is 0.243 e. The van der Waals surface area contributed by atoms with Crippen LogP contribution in [0.15, 0.2) is 30.3 Å². The van der Waals surface area contributed by atoms with Gasteiger partial charge in [0.1, 0.15) is 11.9 Å². The number of aromatic nitrogens is 4. The van der Waals surface area contributed by atoms with Gasteiger partial charge in [0, 0.05) is 13.5 Å². The normalized spacial score (nSPS) is 12.4. The number of hydrogen-bond donors (Lipinski definition) is 2. The number of H-pyrrole nitrogens is 1. The van der Waals surface area contributed by atoms with Gasteiger partial charge in [0.15, 0.2) is 0 Å². The first kappa shape index (κ1) is 18.1. The number of hydrogen-bond acceptors (Lipinski definition) is 4. The number of nitrogens with one attached hydrogen (secondary N) is 2. The van der Waals surface area contributed by atoms with Crippen LogP contribution in [0.2, 0.25) is 0 Å². The molecule has 2 heterocycles. The van der Waals surface area contributed by atoms with E-state index in [1.807, 2.05) is 37.3 Å². The molecule has 26 heavy (non-hydrogen) atoms. The van der Waals surface area contributed by atoms with E-state index in [0.29, 0.717) is 19.6 Å². The van der Waals surface area contributed by atoms with Crippen LogP contribution >= 0.6 is 0 Å². The number of aryl methyl sites for hydroxylation is 1. The van der Waals surface area contributed by atoms with Crippen LogP contribution in [0.5, 0.6) is 0 Å². The SMILES string of the molecule is CCc1nc2ccccc2n1C(CC)C(=O)NCc1cc(COC)n[nH]1. The number of para-hydroxylation sites is 2. The van der Waals surface area contributed by atoms with E-state index in [0.717, 1.165) is 34.7 Å². The number of fused-ring (bicyclic) bond motifs is 1. The van der Waals surface area contributed by atoms with Crippen LogP contribution in [-0.4, -0.2) is 32.8 Å². The van der Waals surface area contributed by atoms with Crippen LogP contribution in [0, 0.1) is 0 Å². The van der Waals surface area contributed by atoms with Crippen molar-refractivity contribution in [2.24, 2.45) is 0 Å². The molecule has 2 N–H and O–H groups in total. The molecule has 1 unspecified atom stereocenters. The average molecular weight is 355 g/mol. The van der Waals surface area contributed by atoms with Crippen LogP contribution in [0.1, 0.15) is 43.5 Å². The Morgan fingerprint density at radius 3 is 2.88 bits per heavy atom. The monoisotopic (exact) mass is 355 g/mol. The maximum atomic E-state index is 12.9. The molecule has 0 aliphatic carbocycles. The lowest BCUT2D eigenvalue weighted by Crippen LogP contribution is -2.32. The molecule has 0 saturated heterocycles. The van der Waals surface area contributed by atoms with Gasteiger partial charge in [-0.05, 0) is 24.6 Å². The predicted octanol–water partition coefficient (Wildman–Crippen LogP) is 2.74. The van der Waals surface area contributed by atoms with E-state index < -0.39 is 0 Å². The van der Waals surface area contributed by atoms with E-state index in [1.165, 1.54) is 0 Å². The van der Waals surface area contributed by atoms with Crippen LogP contribution in [0.3, 0.4) is 0 Å². The highest BCUT2D eigenvalue weighted by molar-refractivity contribution is 5.84. The van der Waals surface area contributed by atoms with Gasteiger partial charge in [0.2, 0.25) is 5.91 Å². The van der Waals surface area contributed by atoms with Crippen LogP contribution in [0.25, 0.3) is 11.0 Å². The van der Waals surface area contributed by atoms with Crippen molar-refractivity contribution in [2.75, 3.05) is 7.11 Å². The zero-order valence-electron chi connectivity index (χ0n) is 15.5. The molecule has 0 spiro atoms. The number of methoxy groups -OCH3 is 1. The molecule has 7 nitrogen and oxygen atoms in total. The summed E-state index contributed by atoms with van der Waals surface area (Å²) in [6.45, 7) is 4.93. The quantitative estimate of drug-likeness (QED) is 0.651. The number of amides is 1. The fraction of sp³-hybridized carbons (Fsp3) is 0.421. The molecule has 1 atom stereocenters. The number of aromatic amines is 1. The fourth-order valence-electron chi connectivity index (χ4n) is 3.20. The minimum atomic E-state index is -0.293. The number of carbonyl (C=O) groups excluding carboxylic acids is 1. The van der Waals surface area contributed by atoms with Gasteiger partial charge in [-0.3, -0.25) is 9.89 Å². The highest BCUT2D eigenvalue weighted by Crippen LogP contribution is 2.24. The molecule has 1 amide bonds. The lowest BCUT2D eigenvalue weighted by molar-refractivity contribution is -0.124. The van der Waals surface area contributed by atoms with E-state index in [4.69, 9.17) is 4.74 Å². The number of ether oxygens (including phenoxy) is 1. The van der Waals surface area contributed by atoms with Gasteiger partial charge in [0.25, 0.3) is 0 Å². The minimum absolute atomic E-state index is 0.0201. The Morgan fingerprint density at radius 1 is 1.35 bits per heavy atom. The van der Waals surface area contributed by atoms with E-state index in [9.17, 15) is 4.79 Å². The Bertz CT molecular complexity index is 883. The van der Waals surface area contributed by atoms with Crippen molar-refractivity contribution >= 4 is 16.9 Å². The molecular formula is C19H25N5O2. The Balaban J connectivity index is 1.78. The second-order valence-corrected chi connectivity index (χ2v) is 6.20. The Kier molecular flexibility index (Phi) is 5.68. The van der Waals surface area contributed by atoms with E-state index >= 15 is 0 Å². The van der Waals surface area contributed by atoms with E-state index in [2.05, 4.69) is 32.0 Å². The zero-order valence-corrected chi connectivity index (χ0v) is 15.5. The van der Waals surface area contributed by atoms with Crippen molar-refractivity contribution in [3.05, 3.63) is 47.5 Å². The zero-order chi connectivity index (χ0) is 18.5. The molecular weight excluding hydrogens is 330 g/mol. The van der Waals surface area contributed by atoms with Crippen molar-refractivity contribution < 1.29 is 9.53 Å². The summed E-state index contributed by atoms with van der Waals surface area (Å²) in [7, 11) is 1.63. The number of benzene rings is 1. The molecule has 7 heteroatoms. The molecule has 0 radical (unpaired) electrons. The number of carbonyl (C=O) groups is 1. The maximum Gasteiger partial charge on any atom is 0.243 e. The lowest BCUT2D eigenvalue weighted by Gasteiger charge is -2.19. The number of nitrogens with zero attached hydrogens (tertiary/aromatic N) is 3. The Hall–Kier alpha value is -2.67. The summed E-state index contributed by atoms with van der Waals surface area (Å²) in [5, 5.41) is 10.1. The Labute approximate surface area is 152 Å². The summed E-state index contributed by atoms with van der Waals surface area (Å²) < 4.78 is 7.12. The average Bonchev–Trinajstić information content (AvgIpc) is 3.25. The summed E-state index contributed by atoms with van der Waals surface area (Å²) in [6, 6.07) is 9.55. The molecule has 0 aliphatic rings. The van der Waals surface area contributed by atoms with Crippen molar-refractivity contribution in [1.29, 1.82) is 0 Å². The fourth-order valence-corrected chi connectivity index (χ4v) is 3.20. The van der Waals surface area contributed by atoms with Crippen molar-refractivity contribution in [1.82, 2.24) is 25.1 Å². The van der Waals surface area contributed by atoms with Crippen LogP contribution in [-0.2, 0) is 29.1 Å². The van der Waals surface area contributed by atoms with Gasteiger partial charge in [0.05, 0.1) is 35.6 Å². The van der Waals surface area contributed by atoms with Crippen LogP contribution in [0.4, 0.5) is 0 Å². The number of imidazole rings is 1. The molecule has 0 fully saturated rings. The highest BCUT2D eigenvalue weighted by atomic mass is 16.5. The molecule has 3 aromatic rings. The maximum absolute atomic E-state index is 12.9. The summed E-state index contributed by atoms with van der Waals surface area (Å²) in [5.74, 6) is 0.908. The topological polar surface area (TPSA) is 84.8 Å². The third-order valence-electron chi connectivity index (χ3n) is 4.42. The molecule has 0 bridgehead atoms. The first-order valence-corrected chi connectivity index (χ1v) is 8.93. The summed E-state index contributed by atoms with van der Waals surface area (Å²) in [6.07, 6.45) is 1.47. The predicted molar refractivity (Wildman–Crippen MR) is 99.6 cm³/mol. The number of rotatable bonds is 8. The van der Waals surface area contributed by atoms with Gasteiger partial charge in [-0.1, -0.05) is 26.0 Å². The van der Waals surface area contributed by atoms with Crippen molar-refractivity contribution in [3.8, 4) is 0 Å².